The molecule has 0 saturated carbocycles. The van der Waals surface area contributed by atoms with Crippen molar-refractivity contribution in [2.75, 3.05) is 23.8 Å². The molecule has 100 valence electrons. The number of anilines is 2. The molecule has 1 fully saturated rings. The van der Waals surface area contributed by atoms with Crippen LogP contribution in [0.4, 0.5) is 11.5 Å². The summed E-state index contributed by atoms with van der Waals surface area (Å²) in [6.45, 7) is 1.10. The van der Waals surface area contributed by atoms with E-state index in [0.717, 1.165) is 36.2 Å². The summed E-state index contributed by atoms with van der Waals surface area (Å²) >= 11 is 0. The summed E-state index contributed by atoms with van der Waals surface area (Å²) in [5, 5.41) is 9.47. The average molecular weight is 258 g/mol. The third kappa shape index (κ3) is 2.33. The molecule has 0 unspecified atom stereocenters. The summed E-state index contributed by atoms with van der Waals surface area (Å²) in [6, 6.07) is 5.71. The molecule has 1 aliphatic rings. The van der Waals surface area contributed by atoms with Crippen LogP contribution in [0.15, 0.2) is 24.4 Å². The van der Waals surface area contributed by atoms with Crippen LogP contribution in [0, 0.1) is 0 Å². The highest BCUT2D eigenvalue weighted by Gasteiger charge is 2.23. The van der Waals surface area contributed by atoms with Gasteiger partial charge in [-0.05, 0) is 37.5 Å². The lowest BCUT2D eigenvalue weighted by molar-refractivity contribution is 0.239. The van der Waals surface area contributed by atoms with Crippen molar-refractivity contribution in [3.63, 3.8) is 0 Å². The molecule has 0 amide bonds. The first-order chi connectivity index (χ1) is 9.28. The predicted molar refractivity (Wildman–Crippen MR) is 76.0 cm³/mol. The molecule has 0 spiro atoms. The lowest BCUT2D eigenvalue weighted by Gasteiger charge is -2.35. The molecule has 19 heavy (non-hydrogen) atoms. The lowest BCUT2D eigenvalue weighted by Crippen LogP contribution is -2.42. The van der Waals surface area contributed by atoms with Crippen LogP contribution in [0.3, 0.4) is 0 Å². The van der Waals surface area contributed by atoms with Crippen LogP contribution in [0.25, 0.3) is 11.0 Å². The molecule has 0 radical (unpaired) electrons. The number of hydrogen-bond acceptors (Lipinski definition) is 5. The molecule has 3 rings (SSSR count). The van der Waals surface area contributed by atoms with E-state index in [1.807, 2.05) is 18.2 Å². The van der Waals surface area contributed by atoms with Gasteiger partial charge in [-0.2, -0.15) is 0 Å². The van der Waals surface area contributed by atoms with E-state index in [1.54, 1.807) is 6.20 Å². The maximum atomic E-state index is 9.47. The zero-order valence-electron chi connectivity index (χ0n) is 10.8. The molecule has 3 N–H and O–H groups in total. The Morgan fingerprint density at radius 1 is 1.32 bits per heavy atom. The van der Waals surface area contributed by atoms with E-state index < -0.39 is 0 Å². The van der Waals surface area contributed by atoms with E-state index in [2.05, 4.69) is 14.9 Å². The molecular weight excluding hydrogens is 240 g/mol. The molecule has 1 aliphatic heterocycles. The second kappa shape index (κ2) is 5.01. The maximum absolute atomic E-state index is 9.47. The number of aliphatic hydroxyl groups excluding tert-OH is 1. The number of aliphatic hydroxyl groups is 1. The Kier molecular flexibility index (Phi) is 3.21. The second-order valence-corrected chi connectivity index (χ2v) is 5.00. The summed E-state index contributed by atoms with van der Waals surface area (Å²) in [5.41, 5.74) is 8.08. The van der Waals surface area contributed by atoms with E-state index in [1.165, 1.54) is 6.42 Å². The third-order valence-corrected chi connectivity index (χ3v) is 3.69. The summed E-state index contributed by atoms with van der Waals surface area (Å²) < 4.78 is 0. The predicted octanol–water partition coefficient (Wildman–Crippen LogP) is 1.56. The Hall–Kier alpha value is -1.88. The number of benzene rings is 1. The van der Waals surface area contributed by atoms with Gasteiger partial charge in [0.25, 0.3) is 0 Å². The van der Waals surface area contributed by atoms with Crippen LogP contribution in [0.1, 0.15) is 19.3 Å². The van der Waals surface area contributed by atoms with Gasteiger partial charge in [-0.15, -0.1) is 0 Å². The van der Waals surface area contributed by atoms with Crippen molar-refractivity contribution in [2.24, 2.45) is 0 Å². The fourth-order valence-electron chi connectivity index (χ4n) is 2.65. The van der Waals surface area contributed by atoms with Crippen LogP contribution in [0.2, 0.25) is 0 Å². The fourth-order valence-corrected chi connectivity index (χ4v) is 2.65. The maximum Gasteiger partial charge on any atom is 0.148 e. The van der Waals surface area contributed by atoms with Crippen molar-refractivity contribution >= 4 is 22.5 Å². The number of aromatic nitrogens is 2. The first kappa shape index (κ1) is 12.2. The number of nitrogens with two attached hydrogens (primary N) is 1. The van der Waals surface area contributed by atoms with E-state index >= 15 is 0 Å². The number of hydrogen-bond donors (Lipinski definition) is 2. The fraction of sp³-hybridized carbons (Fsp3) is 0.429. The summed E-state index contributed by atoms with van der Waals surface area (Å²) in [4.78, 5) is 11.2. The molecule has 2 aromatic rings. The van der Waals surface area contributed by atoms with Gasteiger partial charge in [0.05, 0.1) is 29.9 Å². The highest BCUT2D eigenvalue weighted by molar-refractivity contribution is 5.79. The molecule has 0 bridgehead atoms. The monoisotopic (exact) mass is 258 g/mol. The second-order valence-electron chi connectivity index (χ2n) is 5.00. The topological polar surface area (TPSA) is 75.3 Å². The van der Waals surface area contributed by atoms with Gasteiger partial charge in [-0.3, -0.25) is 4.98 Å². The molecule has 2 heterocycles. The average Bonchev–Trinajstić information content (AvgIpc) is 2.46. The highest BCUT2D eigenvalue weighted by Crippen LogP contribution is 2.24. The molecule has 5 nitrogen and oxygen atoms in total. The first-order valence-corrected chi connectivity index (χ1v) is 6.68. The van der Waals surface area contributed by atoms with Crippen molar-refractivity contribution in [1.82, 2.24) is 9.97 Å². The van der Waals surface area contributed by atoms with E-state index in [9.17, 15) is 5.11 Å². The van der Waals surface area contributed by atoms with Crippen LogP contribution < -0.4 is 10.6 Å². The minimum absolute atomic E-state index is 0.161. The van der Waals surface area contributed by atoms with E-state index in [-0.39, 0.29) is 12.6 Å². The summed E-state index contributed by atoms with van der Waals surface area (Å²) in [5.74, 6) is 0.844. The van der Waals surface area contributed by atoms with Crippen molar-refractivity contribution in [3.8, 4) is 0 Å². The normalized spacial score (nSPS) is 19.8. The van der Waals surface area contributed by atoms with Gasteiger partial charge in [0.2, 0.25) is 0 Å². The van der Waals surface area contributed by atoms with Gasteiger partial charge in [-0.25, -0.2) is 4.98 Å². The number of piperidine rings is 1. The van der Waals surface area contributed by atoms with Crippen LogP contribution in [-0.4, -0.2) is 34.3 Å². The van der Waals surface area contributed by atoms with Gasteiger partial charge in [0.1, 0.15) is 5.82 Å². The lowest BCUT2D eigenvalue weighted by atomic mass is 10.0. The molecule has 1 atom stereocenters. The quantitative estimate of drug-likeness (QED) is 0.800. The molecule has 0 aliphatic carbocycles. The number of nitrogens with zero attached hydrogens (tertiary/aromatic N) is 3. The van der Waals surface area contributed by atoms with E-state index in [4.69, 9.17) is 5.73 Å². The minimum Gasteiger partial charge on any atom is -0.399 e. The smallest absolute Gasteiger partial charge is 0.148 e. The van der Waals surface area contributed by atoms with Crippen molar-refractivity contribution < 1.29 is 5.11 Å². The Morgan fingerprint density at radius 3 is 3.05 bits per heavy atom. The highest BCUT2D eigenvalue weighted by atomic mass is 16.3. The van der Waals surface area contributed by atoms with Crippen molar-refractivity contribution in [2.45, 2.75) is 25.3 Å². The van der Waals surface area contributed by atoms with Crippen LogP contribution >= 0.6 is 0 Å². The Labute approximate surface area is 112 Å². The van der Waals surface area contributed by atoms with E-state index in [0.29, 0.717) is 5.69 Å². The van der Waals surface area contributed by atoms with Crippen molar-refractivity contribution in [1.29, 1.82) is 0 Å². The number of rotatable bonds is 2. The SMILES string of the molecule is Nc1ccc2nc(N3CCCC[C@@H]3CO)cnc2c1. The Balaban J connectivity index is 1.97. The van der Waals surface area contributed by atoms with Gasteiger partial charge in [0.15, 0.2) is 0 Å². The van der Waals surface area contributed by atoms with Gasteiger partial charge in [-0.1, -0.05) is 0 Å². The summed E-state index contributed by atoms with van der Waals surface area (Å²) in [6.07, 6.45) is 5.09. The molecule has 5 heteroatoms. The van der Waals surface area contributed by atoms with Gasteiger partial charge >= 0.3 is 0 Å². The Morgan fingerprint density at radius 2 is 2.21 bits per heavy atom. The molecular formula is C14H18N4O. The first-order valence-electron chi connectivity index (χ1n) is 6.68. The minimum atomic E-state index is 0.161. The standard InChI is InChI=1S/C14H18N4O/c15-10-4-5-12-13(7-10)16-8-14(17-12)18-6-2-1-3-11(18)9-19/h4-5,7-8,11,19H,1-3,6,9,15H2/t11-/m1/s1. The molecule has 1 aromatic carbocycles. The summed E-state index contributed by atoms with van der Waals surface area (Å²) in [7, 11) is 0. The van der Waals surface area contributed by atoms with Crippen molar-refractivity contribution in [3.05, 3.63) is 24.4 Å². The Bertz CT molecular complexity index is 587. The van der Waals surface area contributed by atoms with Crippen LogP contribution in [-0.2, 0) is 0 Å². The zero-order valence-corrected chi connectivity index (χ0v) is 10.8. The molecule has 1 saturated heterocycles. The molecule has 1 aromatic heterocycles. The zero-order chi connectivity index (χ0) is 13.2. The van der Waals surface area contributed by atoms with Gasteiger partial charge < -0.3 is 15.7 Å². The van der Waals surface area contributed by atoms with Gasteiger partial charge in [0, 0.05) is 12.2 Å². The third-order valence-electron chi connectivity index (χ3n) is 3.69. The van der Waals surface area contributed by atoms with Crippen LogP contribution in [0.5, 0.6) is 0 Å². The number of fused-ring (bicyclic) bond motifs is 1. The largest absolute Gasteiger partial charge is 0.399 e. The number of nitrogen functional groups attached to an aromatic ring is 1.